The summed E-state index contributed by atoms with van der Waals surface area (Å²) in [6.07, 6.45) is 33.2. The molecule has 0 spiro atoms. The number of aldehydes is 1. The average Bonchev–Trinajstić information content (AvgIpc) is 2.92. The molecule has 0 aromatic heterocycles. The van der Waals surface area contributed by atoms with Crippen molar-refractivity contribution in [3.8, 4) is 0 Å². The highest BCUT2D eigenvalue weighted by Crippen LogP contribution is 1.95. The molecule has 0 atom stereocenters. The minimum absolute atomic E-state index is 0.174. The van der Waals surface area contributed by atoms with Crippen LogP contribution in [0.3, 0.4) is 0 Å². The molecule has 0 bridgehead atoms. The molecule has 0 aromatic rings. The third-order valence-electron chi connectivity index (χ3n) is 4.13. The molecule has 0 aliphatic carbocycles. The fourth-order valence-corrected chi connectivity index (χ4v) is 2.10. The molecule has 4 N–H and O–H groups in total. The lowest BCUT2D eigenvalue weighted by Crippen LogP contribution is -1.71. The highest BCUT2D eigenvalue weighted by atomic mass is 16.3. The van der Waals surface area contributed by atoms with Gasteiger partial charge >= 0.3 is 0 Å². The van der Waals surface area contributed by atoms with Gasteiger partial charge in [0.25, 0.3) is 0 Å². The van der Waals surface area contributed by atoms with Crippen molar-refractivity contribution >= 4 is 6.29 Å². The maximum absolute atomic E-state index is 9.79. The summed E-state index contributed by atoms with van der Waals surface area (Å²) in [6, 6.07) is 0. The Balaban J connectivity index is -0.000000116. The second kappa shape index (κ2) is 59.4. The molecule has 0 saturated heterocycles. The second-order valence-electron chi connectivity index (χ2n) is 7.73. The van der Waals surface area contributed by atoms with Crippen LogP contribution in [0.2, 0.25) is 0 Å². The van der Waals surface area contributed by atoms with Gasteiger partial charge in [0.1, 0.15) is 6.29 Å². The molecule has 220 valence electrons. The van der Waals surface area contributed by atoms with Crippen molar-refractivity contribution in [1.82, 2.24) is 0 Å². The van der Waals surface area contributed by atoms with Crippen molar-refractivity contribution in [2.75, 3.05) is 26.4 Å². The number of aliphatic hydroxyl groups is 4. The predicted octanol–water partition coefficient (Wildman–Crippen LogP) is 7.66. The Kier molecular flexibility index (Phi) is 72.4. The lowest BCUT2D eigenvalue weighted by molar-refractivity contribution is -0.107. The molecule has 0 aromatic carbocycles. The summed E-state index contributed by atoms with van der Waals surface area (Å²) in [4.78, 5) is 9.79. The van der Waals surface area contributed by atoms with E-state index in [4.69, 9.17) is 20.4 Å². The molecule has 0 aliphatic rings. The van der Waals surface area contributed by atoms with Gasteiger partial charge in [0.05, 0.1) is 26.4 Å². The van der Waals surface area contributed by atoms with Gasteiger partial charge in [-0.3, -0.25) is 0 Å². The zero-order chi connectivity index (χ0) is 29.1. The summed E-state index contributed by atoms with van der Waals surface area (Å²) in [5.41, 5.74) is 0. The van der Waals surface area contributed by atoms with Crippen LogP contribution in [-0.4, -0.2) is 53.1 Å². The Labute approximate surface area is 230 Å². The number of allylic oxidation sites excluding steroid dienone is 6. The number of carbonyl (C=O) groups excluding carboxylic acids is 1. The van der Waals surface area contributed by atoms with Gasteiger partial charge in [-0.25, -0.2) is 0 Å². The summed E-state index contributed by atoms with van der Waals surface area (Å²) in [7, 11) is 0. The van der Waals surface area contributed by atoms with Crippen LogP contribution in [0.25, 0.3) is 0 Å². The SMILES string of the molecule is CC/C=C\CO.CC/C=C\CO.CCCC/C=C\CC=O.CCCC/C=C\CO.CCCC/C=C\CO. The van der Waals surface area contributed by atoms with Crippen molar-refractivity contribution in [3.63, 3.8) is 0 Å². The summed E-state index contributed by atoms with van der Waals surface area (Å²) < 4.78 is 0. The van der Waals surface area contributed by atoms with E-state index in [-0.39, 0.29) is 26.4 Å². The minimum atomic E-state index is 0.174. The summed E-state index contributed by atoms with van der Waals surface area (Å²) in [5.74, 6) is 0. The molecule has 0 heterocycles. The maximum Gasteiger partial charge on any atom is 0.123 e. The van der Waals surface area contributed by atoms with E-state index >= 15 is 0 Å². The molecule has 5 heteroatoms. The molecular weight excluding hydrogens is 464 g/mol. The number of unbranched alkanes of at least 4 members (excludes halogenated alkanes) is 6. The fourth-order valence-electron chi connectivity index (χ4n) is 2.10. The Hall–Kier alpha value is -1.79. The van der Waals surface area contributed by atoms with E-state index < -0.39 is 0 Å². The second-order valence-corrected chi connectivity index (χ2v) is 7.73. The van der Waals surface area contributed by atoms with Crippen LogP contribution in [0, 0.1) is 0 Å². The standard InChI is InChI=1S/C8H14O.2C7H14O.2C5H10O/c1-2-3-4-5-6-7-8-9;2*1-2-3-4-5-6-7-8;2*1-2-3-4-5-6/h5-6,8H,2-4,7H2,1H3;2*5-6,8H,2-4,7H2,1H3;2*3-4,6H,2,5H2,1H3/b3*6-5-;2*4-3-. The van der Waals surface area contributed by atoms with Gasteiger partial charge in [-0.1, -0.05) is 134 Å². The van der Waals surface area contributed by atoms with Crippen LogP contribution in [0.15, 0.2) is 60.8 Å². The topological polar surface area (TPSA) is 98.0 Å². The molecule has 5 nitrogen and oxygen atoms in total. The van der Waals surface area contributed by atoms with Crippen LogP contribution in [0.5, 0.6) is 0 Å². The number of carbonyl (C=O) groups is 1. The molecule has 0 radical (unpaired) electrons. The predicted molar refractivity (Wildman–Crippen MR) is 164 cm³/mol. The fraction of sp³-hybridized carbons (Fsp3) is 0.656. The van der Waals surface area contributed by atoms with Crippen molar-refractivity contribution in [1.29, 1.82) is 0 Å². The quantitative estimate of drug-likeness (QED) is 0.0886. The highest BCUT2D eigenvalue weighted by Gasteiger charge is 1.77. The van der Waals surface area contributed by atoms with Gasteiger partial charge in [-0.2, -0.15) is 0 Å². The van der Waals surface area contributed by atoms with Crippen LogP contribution < -0.4 is 0 Å². The lowest BCUT2D eigenvalue weighted by Gasteiger charge is -1.85. The number of hydrogen-bond donors (Lipinski definition) is 4. The van der Waals surface area contributed by atoms with E-state index in [9.17, 15) is 4.79 Å². The molecule has 0 fully saturated rings. The van der Waals surface area contributed by atoms with Gasteiger partial charge in [0, 0.05) is 6.42 Å². The molecule has 0 unspecified atom stereocenters. The first-order valence-electron chi connectivity index (χ1n) is 14.2. The number of hydrogen-bond acceptors (Lipinski definition) is 5. The minimum Gasteiger partial charge on any atom is -0.392 e. The molecule has 0 saturated carbocycles. The Morgan fingerprint density at radius 2 is 0.730 bits per heavy atom. The normalized spacial score (nSPS) is 10.5. The first-order chi connectivity index (χ1) is 18.1. The third-order valence-corrected chi connectivity index (χ3v) is 4.13. The van der Waals surface area contributed by atoms with Crippen molar-refractivity contribution < 1.29 is 25.2 Å². The zero-order valence-corrected chi connectivity index (χ0v) is 24.9. The van der Waals surface area contributed by atoms with Gasteiger partial charge in [-0.15, -0.1) is 0 Å². The largest absolute Gasteiger partial charge is 0.392 e. The van der Waals surface area contributed by atoms with Crippen molar-refractivity contribution in [2.24, 2.45) is 0 Å². The molecule has 37 heavy (non-hydrogen) atoms. The van der Waals surface area contributed by atoms with Crippen LogP contribution in [-0.2, 0) is 4.79 Å². The molecule has 0 aliphatic heterocycles. The highest BCUT2D eigenvalue weighted by molar-refractivity contribution is 5.51. The van der Waals surface area contributed by atoms with Gasteiger partial charge in [0.2, 0.25) is 0 Å². The van der Waals surface area contributed by atoms with E-state index in [2.05, 4.69) is 26.8 Å². The number of rotatable bonds is 17. The first kappa shape index (κ1) is 45.2. The lowest BCUT2D eigenvalue weighted by atomic mass is 10.2. The summed E-state index contributed by atoms with van der Waals surface area (Å²) in [6.45, 7) is 11.3. The third kappa shape index (κ3) is 86.9. The summed E-state index contributed by atoms with van der Waals surface area (Å²) >= 11 is 0. The Bertz CT molecular complexity index is 436. The monoisotopic (exact) mass is 526 g/mol. The first-order valence-corrected chi connectivity index (χ1v) is 14.2. The van der Waals surface area contributed by atoms with E-state index in [1.165, 1.54) is 38.5 Å². The molecular formula is C32H62O5. The van der Waals surface area contributed by atoms with Gasteiger partial charge in [-0.05, 0) is 32.1 Å². The Morgan fingerprint density at radius 3 is 0.946 bits per heavy atom. The molecule has 0 rings (SSSR count). The smallest absolute Gasteiger partial charge is 0.123 e. The van der Waals surface area contributed by atoms with Crippen LogP contribution >= 0.6 is 0 Å². The average molecular weight is 527 g/mol. The van der Waals surface area contributed by atoms with Gasteiger partial charge in [0.15, 0.2) is 0 Å². The van der Waals surface area contributed by atoms with E-state index in [1.807, 2.05) is 44.2 Å². The van der Waals surface area contributed by atoms with E-state index in [1.54, 1.807) is 24.3 Å². The number of aliphatic hydroxyl groups excluding tert-OH is 4. The zero-order valence-electron chi connectivity index (χ0n) is 24.9. The van der Waals surface area contributed by atoms with Crippen LogP contribution in [0.4, 0.5) is 0 Å². The Morgan fingerprint density at radius 1 is 0.432 bits per heavy atom. The summed E-state index contributed by atoms with van der Waals surface area (Å²) in [5, 5.41) is 32.8. The van der Waals surface area contributed by atoms with Gasteiger partial charge < -0.3 is 25.2 Å². The van der Waals surface area contributed by atoms with E-state index in [0.717, 1.165) is 38.4 Å². The van der Waals surface area contributed by atoms with E-state index in [0.29, 0.717) is 6.42 Å². The molecule has 0 amide bonds. The maximum atomic E-state index is 9.79. The van der Waals surface area contributed by atoms with Crippen molar-refractivity contribution in [2.45, 2.75) is 112 Å². The van der Waals surface area contributed by atoms with Crippen LogP contribution in [0.1, 0.15) is 112 Å². The van der Waals surface area contributed by atoms with Crippen molar-refractivity contribution in [3.05, 3.63) is 60.8 Å².